The third kappa shape index (κ3) is 2.59. The molecule has 0 saturated carbocycles. The Morgan fingerprint density at radius 1 is 1.47 bits per heavy atom. The van der Waals surface area contributed by atoms with Gasteiger partial charge in [-0.3, -0.25) is 0 Å². The minimum absolute atomic E-state index is 0.216. The van der Waals surface area contributed by atoms with E-state index in [2.05, 4.69) is 0 Å². The first-order chi connectivity index (χ1) is 6.64. The smallest absolute Gasteiger partial charge is 0.393 e. The van der Waals surface area contributed by atoms with Crippen LogP contribution in [0.15, 0.2) is 23.8 Å². The molecular formula is C10H12F3NS. The van der Waals surface area contributed by atoms with Crippen molar-refractivity contribution >= 4 is 17.2 Å². The zero-order chi connectivity index (χ0) is 11.9. The summed E-state index contributed by atoms with van der Waals surface area (Å²) in [6, 6.07) is 0. The van der Waals surface area contributed by atoms with Crippen molar-refractivity contribution in [3.8, 4) is 0 Å². The molecule has 0 radical (unpaired) electrons. The lowest BCUT2D eigenvalue weighted by Gasteiger charge is -2.32. The highest BCUT2D eigenvalue weighted by Gasteiger charge is 2.39. The van der Waals surface area contributed by atoms with Crippen LogP contribution in [0.4, 0.5) is 13.2 Å². The van der Waals surface area contributed by atoms with E-state index in [0.717, 1.165) is 6.08 Å². The maximum absolute atomic E-state index is 12.4. The molecule has 0 aromatic carbocycles. The van der Waals surface area contributed by atoms with Crippen molar-refractivity contribution in [2.75, 3.05) is 0 Å². The van der Waals surface area contributed by atoms with E-state index in [1.54, 1.807) is 13.8 Å². The van der Waals surface area contributed by atoms with Crippen LogP contribution < -0.4 is 5.73 Å². The standard InChI is InChI=1S/C10H12F3NS/c1-9(2)5-6(10(11,12)13)3-4-7(9)8(14)15/h3-5,7H,1-2H3,(H2,14,15). The highest BCUT2D eigenvalue weighted by atomic mass is 32.1. The van der Waals surface area contributed by atoms with Crippen molar-refractivity contribution in [2.24, 2.45) is 17.1 Å². The van der Waals surface area contributed by atoms with E-state index >= 15 is 0 Å². The topological polar surface area (TPSA) is 26.0 Å². The van der Waals surface area contributed by atoms with E-state index in [4.69, 9.17) is 18.0 Å². The molecule has 1 nitrogen and oxygen atoms in total. The van der Waals surface area contributed by atoms with E-state index < -0.39 is 17.2 Å². The van der Waals surface area contributed by atoms with Crippen LogP contribution in [-0.4, -0.2) is 11.2 Å². The lowest BCUT2D eigenvalue weighted by Crippen LogP contribution is -2.34. The summed E-state index contributed by atoms with van der Waals surface area (Å²) in [5.41, 5.74) is 4.14. The van der Waals surface area contributed by atoms with Crippen molar-refractivity contribution < 1.29 is 13.2 Å². The number of nitrogens with two attached hydrogens (primary N) is 1. The van der Waals surface area contributed by atoms with Crippen LogP contribution in [0.3, 0.4) is 0 Å². The number of rotatable bonds is 1. The van der Waals surface area contributed by atoms with Crippen molar-refractivity contribution in [1.82, 2.24) is 0 Å². The monoisotopic (exact) mass is 235 g/mol. The second-order valence-electron chi connectivity index (χ2n) is 4.16. The summed E-state index contributed by atoms with van der Waals surface area (Å²) in [5, 5.41) is 0. The highest BCUT2D eigenvalue weighted by Crippen LogP contribution is 2.39. The van der Waals surface area contributed by atoms with Crippen LogP contribution >= 0.6 is 12.2 Å². The zero-order valence-electron chi connectivity index (χ0n) is 8.43. The molecule has 1 aliphatic carbocycles. The molecule has 0 amide bonds. The molecular weight excluding hydrogens is 223 g/mol. The fourth-order valence-electron chi connectivity index (χ4n) is 1.62. The molecule has 0 aromatic rings. The molecule has 1 aliphatic rings. The Hall–Kier alpha value is -0.840. The number of alkyl halides is 3. The Balaban J connectivity index is 3.06. The molecule has 0 bridgehead atoms. The van der Waals surface area contributed by atoms with Gasteiger partial charge in [-0.2, -0.15) is 13.2 Å². The van der Waals surface area contributed by atoms with Gasteiger partial charge in [0.1, 0.15) is 0 Å². The fraction of sp³-hybridized carbons (Fsp3) is 0.500. The van der Waals surface area contributed by atoms with Gasteiger partial charge in [0.25, 0.3) is 0 Å². The third-order valence-corrected chi connectivity index (χ3v) is 2.69. The van der Waals surface area contributed by atoms with E-state index in [1.165, 1.54) is 12.2 Å². The summed E-state index contributed by atoms with van der Waals surface area (Å²) >= 11 is 4.81. The molecule has 1 atom stereocenters. The Morgan fingerprint density at radius 2 is 2.00 bits per heavy atom. The second-order valence-corrected chi connectivity index (χ2v) is 4.63. The van der Waals surface area contributed by atoms with Crippen LogP contribution in [0.2, 0.25) is 0 Å². The highest BCUT2D eigenvalue weighted by molar-refractivity contribution is 7.80. The Bertz CT molecular complexity index is 339. The van der Waals surface area contributed by atoms with Gasteiger partial charge < -0.3 is 5.73 Å². The van der Waals surface area contributed by atoms with E-state index in [0.29, 0.717) is 0 Å². The molecule has 0 spiro atoms. The predicted molar refractivity (Wildman–Crippen MR) is 57.3 cm³/mol. The van der Waals surface area contributed by atoms with Gasteiger partial charge in [0.15, 0.2) is 0 Å². The van der Waals surface area contributed by atoms with Crippen LogP contribution in [0.25, 0.3) is 0 Å². The fourth-order valence-corrected chi connectivity index (χ4v) is 2.01. The minimum Gasteiger partial charge on any atom is -0.393 e. The number of hydrogen-bond acceptors (Lipinski definition) is 1. The van der Waals surface area contributed by atoms with Crippen LogP contribution in [0, 0.1) is 11.3 Å². The molecule has 0 fully saturated rings. The molecule has 0 aliphatic heterocycles. The number of thiocarbonyl (C=S) groups is 1. The van der Waals surface area contributed by atoms with Crippen molar-refractivity contribution in [3.63, 3.8) is 0 Å². The van der Waals surface area contributed by atoms with E-state index in [9.17, 15) is 13.2 Å². The first-order valence-electron chi connectivity index (χ1n) is 4.42. The van der Waals surface area contributed by atoms with Gasteiger partial charge in [-0.1, -0.05) is 44.3 Å². The molecule has 0 aromatic heterocycles. The quantitative estimate of drug-likeness (QED) is 0.707. The summed E-state index contributed by atoms with van der Waals surface area (Å²) in [4.78, 5) is 0.216. The summed E-state index contributed by atoms with van der Waals surface area (Å²) in [7, 11) is 0. The van der Waals surface area contributed by atoms with Gasteiger partial charge in [-0.15, -0.1) is 0 Å². The Morgan fingerprint density at radius 3 is 2.33 bits per heavy atom. The summed E-state index contributed by atoms with van der Waals surface area (Å²) < 4.78 is 37.3. The van der Waals surface area contributed by atoms with Gasteiger partial charge in [-0.25, -0.2) is 0 Å². The summed E-state index contributed by atoms with van der Waals surface area (Å²) in [6.07, 6.45) is -0.675. The third-order valence-electron chi connectivity index (χ3n) is 2.43. The average molecular weight is 235 g/mol. The van der Waals surface area contributed by atoms with E-state index in [-0.39, 0.29) is 10.9 Å². The number of allylic oxidation sites excluding steroid dienone is 3. The zero-order valence-corrected chi connectivity index (χ0v) is 9.25. The van der Waals surface area contributed by atoms with Crippen LogP contribution in [-0.2, 0) is 0 Å². The molecule has 2 N–H and O–H groups in total. The van der Waals surface area contributed by atoms with Crippen LogP contribution in [0.5, 0.6) is 0 Å². The Labute approximate surface area is 91.8 Å². The van der Waals surface area contributed by atoms with E-state index in [1.807, 2.05) is 0 Å². The average Bonchev–Trinajstić information content (AvgIpc) is 1.99. The lowest BCUT2D eigenvalue weighted by atomic mass is 9.74. The molecule has 5 heteroatoms. The second kappa shape index (κ2) is 3.63. The lowest BCUT2D eigenvalue weighted by molar-refractivity contribution is -0.0894. The first kappa shape index (κ1) is 12.2. The SMILES string of the molecule is CC1(C)C=C(C(F)(F)F)C=CC1C(N)=S. The molecule has 0 heterocycles. The van der Waals surface area contributed by atoms with Crippen molar-refractivity contribution in [2.45, 2.75) is 20.0 Å². The molecule has 15 heavy (non-hydrogen) atoms. The van der Waals surface area contributed by atoms with Gasteiger partial charge >= 0.3 is 6.18 Å². The van der Waals surface area contributed by atoms with Gasteiger partial charge in [0.2, 0.25) is 0 Å². The number of hydrogen-bond donors (Lipinski definition) is 1. The molecule has 0 saturated heterocycles. The number of halogens is 3. The molecule has 1 rings (SSSR count). The Kier molecular flexibility index (Phi) is 2.96. The minimum atomic E-state index is -4.31. The molecule has 1 unspecified atom stereocenters. The van der Waals surface area contributed by atoms with Crippen molar-refractivity contribution in [3.05, 3.63) is 23.8 Å². The van der Waals surface area contributed by atoms with Gasteiger partial charge in [-0.05, 0) is 5.41 Å². The predicted octanol–water partition coefficient (Wildman–Crippen LogP) is 2.97. The van der Waals surface area contributed by atoms with Gasteiger partial charge in [0, 0.05) is 5.92 Å². The van der Waals surface area contributed by atoms with Crippen LogP contribution in [0.1, 0.15) is 13.8 Å². The maximum Gasteiger partial charge on any atom is 0.416 e. The summed E-state index contributed by atoms with van der Waals surface area (Å²) in [6.45, 7) is 3.37. The first-order valence-corrected chi connectivity index (χ1v) is 4.83. The van der Waals surface area contributed by atoms with Crippen molar-refractivity contribution in [1.29, 1.82) is 0 Å². The normalized spacial score (nSPS) is 24.9. The summed E-state index contributed by atoms with van der Waals surface area (Å²) in [5.74, 6) is -0.321. The van der Waals surface area contributed by atoms with Gasteiger partial charge in [0.05, 0.1) is 10.6 Å². The largest absolute Gasteiger partial charge is 0.416 e. The molecule has 84 valence electrons. The maximum atomic E-state index is 12.4.